The second-order valence-electron chi connectivity index (χ2n) is 4.19. The van der Waals surface area contributed by atoms with Crippen molar-refractivity contribution < 1.29 is 9.53 Å². The maximum atomic E-state index is 12.0. The van der Waals surface area contributed by atoms with E-state index >= 15 is 0 Å². The van der Waals surface area contributed by atoms with Crippen LogP contribution in [0.2, 0.25) is 0 Å². The average molecular weight is 263 g/mol. The lowest BCUT2D eigenvalue weighted by Gasteiger charge is -2.04. The van der Waals surface area contributed by atoms with E-state index in [1.165, 1.54) is 11.8 Å². The van der Waals surface area contributed by atoms with E-state index in [2.05, 4.69) is 4.99 Å². The minimum absolute atomic E-state index is 0.121. The Morgan fingerprint density at radius 2 is 2.06 bits per heavy atom. The molecule has 0 unspecified atom stereocenters. The van der Waals surface area contributed by atoms with Crippen LogP contribution in [0.5, 0.6) is 5.75 Å². The van der Waals surface area contributed by atoms with E-state index in [1.54, 1.807) is 7.11 Å². The van der Waals surface area contributed by atoms with Gasteiger partial charge in [0.2, 0.25) is 5.12 Å². The molecule has 0 radical (unpaired) electrons. The summed E-state index contributed by atoms with van der Waals surface area (Å²) < 4.78 is 5.10. The molecule has 0 N–H and O–H groups in total. The predicted molar refractivity (Wildman–Crippen MR) is 76.0 cm³/mol. The number of carbonyl (C=O) groups is 1. The van der Waals surface area contributed by atoms with Crippen molar-refractivity contribution in [2.45, 2.75) is 19.8 Å². The SMILES string of the molecule is CCSC(=O)C(=Nc1ccc(OC)cc1)C1CC1. The lowest BCUT2D eigenvalue weighted by Crippen LogP contribution is -2.12. The molecule has 0 atom stereocenters. The van der Waals surface area contributed by atoms with Crippen LogP contribution < -0.4 is 4.74 Å². The second-order valence-corrected chi connectivity index (χ2v) is 5.43. The highest BCUT2D eigenvalue weighted by Crippen LogP contribution is 2.34. The van der Waals surface area contributed by atoms with Gasteiger partial charge in [-0.25, -0.2) is 4.99 Å². The number of thioether (sulfide) groups is 1. The Labute approximate surface area is 112 Å². The lowest BCUT2D eigenvalue weighted by atomic mass is 10.2. The molecule has 1 aliphatic carbocycles. The van der Waals surface area contributed by atoms with Gasteiger partial charge in [0.05, 0.1) is 18.5 Å². The highest BCUT2D eigenvalue weighted by atomic mass is 32.2. The van der Waals surface area contributed by atoms with Crippen LogP contribution >= 0.6 is 11.8 Å². The topological polar surface area (TPSA) is 38.7 Å². The summed E-state index contributed by atoms with van der Waals surface area (Å²) in [4.78, 5) is 16.5. The van der Waals surface area contributed by atoms with Gasteiger partial charge >= 0.3 is 0 Å². The van der Waals surface area contributed by atoms with Crippen molar-refractivity contribution in [3.05, 3.63) is 24.3 Å². The van der Waals surface area contributed by atoms with Gasteiger partial charge in [-0.15, -0.1) is 0 Å². The van der Waals surface area contributed by atoms with E-state index in [-0.39, 0.29) is 5.12 Å². The summed E-state index contributed by atoms with van der Waals surface area (Å²) in [6.07, 6.45) is 2.18. The van der Waals surface area contributed by atoms with Crippen molar-refractivity contribution >= 4 is 28.3 Å². The summed E-state index contributed by atoms with van der Waals surface area (Å²) in [5, 5.41) is 0.121. The smallest absolute Gasteiger partial charge is 0.233 e. The Bertz CT molecular complexity index is 449. The van der Waals surface area contributed by atoms with E-state index in [4.69, 9.17) is 4.74 Å². The molecule has 2 rings (SSSR count). The minimum atomic E-state index is 0.121. The normalized spacial score (nSPS) is 15.6. The summed E-state index contributed by atoms with van der Waals surface area (Å²) in [5.41, 5.74) is 1.55. The molecule has 0 heterocycles. The Balaban J connectivity index is 2.18. The van der Waals surface area contributed by atoms with E-state index in [0.29, 0.717) is 5.92 Å². The molecule has 18 heavy (non-hydrogen) atoms. The van der Waals surface area contributed by atoms with Crippen LogP contribution in [0.15, 0.2) is 29.3 Å². The summed E-state index contributed by atoms with van der Waals surface area (Å²) in [6, 6.07) is 7.48. The first kappa shape index (κ1) is 13.1. The minimum Gasteiger partial charge on any atom is -0.497 e. The number of carbonyl (C=O) groups excluding carboxylic acids is 1. The molecule has 1 aromatic rings. The van der Waals surface area contributed by atoms with E-state index in [9.17, 15) is 4.79 Å². The lowest BCUT2D eigenvalue weighted by molar-refractivity contribution is -0.105. The predicted octanol–water partition coefficient (Wildman–Crippen LogP) is 3.46. The third-order valence-electron chi connectivity index (χ3n) is 2.77. The number of benzene rings is 1. The van der Waals surface area contributed by atoms with Crippen molar-refractivity contribution in [3.63, 3.8) is 0 Å². The Morgan fingerprint density at radius 3 is 2.56 bits per heavy atom. The van der Waals surface area contributed by atoms with Gasteiger partial charge in [0.25, 0.3) is 0 Å². The molecule has 0 aliphatic heterocycles. The van der Waals surface area contributed by atoms with Crippen molar-refractivity contribution in [2.24, 2.45) is 10.9 Å². The van der Waals surface area contributed by atoms with Gasteiger partial charge in [-0.3, -0.25) is 4.79 Å². The molecule has 0 aromatic heterocycles. The summed E-state index contributed by atoms with van der Waals surface area (Å²) in [7, 11) is 1.63. The number of methoxy groups -OCH3 is 1. The zero-order valence-electron chi connectivity index (χ0n) is 10.7. The zero-order chi connectivity index (χ0) is 13.0. The maximum Gasteiger partial charge on any atom is 0.233 e. The molecule has 1 aliphatic rings. The third kappa shape index (κ3) is 3.35. The highest BCUT2D eigenvalue weighted by Gasteiger charge is 2.32. The highest BCUT2D eigenvalue weighted by molar-refractivity contribution is 8.15. The number of aliphatic imine (C=N–C) groups is 1. The van der Waals surface area contributed by atoms with E-state index < -0.39 is 0 Å². The number of hydrogen-bond donors (Lipinski definition) is 0. The van der Waals surface area contributed by atoms with Gasteiger partial charge in [-0.1, -0.05) is 18.7 Å². The molecule has 0 bridgehead atoms. The fourth-order valence-corrected chi connectivity index (χ4v) is 2.28. The fraction of sp³-hybridized carbons (Fsp3) is 0.429. The maximum absolute atomic E-state index is 12.0. The van der Waals surface area contributed by atoms with Crippen LogP contribution in [0.25, 0.3) is 0 Å². The second kappa shape index (κ2) is 6.05. The quantitative estimate of drug-likeness (QED) is 0.764. The molecule has 0 spiro atoms. The van der Waals surface area contributed by atoms with Crippen LogP contribution in [0.1, 0.15) is 19.8 Å². The fourth-order valence-electron chi connectivity index (χ4n) is 1.66. The van der Waals surface area contributed by atoms with Gasteiger partial charge in [-0.05, 0) is 42.9 Å². The van der Waals surface area contributed by atoms with Crippen LogP contribution in [0.4, 0.5) is 5.69 Å². The van der Waals surface area contributed by atoms with Crippen LogP contribution in [-0.2, 0) is 4.79 Å². The number of nitrogens with zero attached hydrogens (tertiary/aromatic N) is 1. The van der Waals surface area contributed by atoms with E-state index in [1.807, 2.05) is 31.2 Å². The standard InChI is InChI=1S/C14H17NO2S/c1-3-18-14(16)13(10-4-5-10)15-11-6-8-12(17-2)9-7-11/h6-10H,3-5H2,1-2H3. The summed E-state index contributed by atoms with van der Waals surface area (Å²) >= 11 is 1.34. The summed E-state index contributed by atoms with van der Waals surface area (Å²) in [5.74, 6) is 1.97. The van der Waals surface area contributed by atoms with Gasteiger partial charge < -0.3 is 4.74 Å². The van der Waals surface area contributed by atoms with Crippen molar-refractivity contribution in [3.8, 4) is 5.75 Å². The van der Waals surface area contributed by atoms with Crippen molar-refractivity contribution in [2.75, 3.05) is 12.9 Å². The molecule has 1 fully saturated rings. The number of ether oxygens (including phenoxy) is 1. The van der Waals surface area contributed by atoms with Crippen molar-refractivity contribution in [1.29, 1.82) is 0 Å². The van der Waals surface area contributed by atoms with Crippen LogP contribution in [-0.4, -0.2) is 23.7 Å². The third-order valence-corrected chi connectivity index (χ3v) is 3.53. The molecular weight excluding hydrogens is 246 g/mol. The zero-order valence-corrected chi connectivity index (χ0v) is 11.5. The molecule has 0 saturated heterocycles. The monoisotopic (exact) mass is 263 g/mol. The summed E-state index contributed by atoms with van der Waals surface area (Å²) in [6.45, 7) is 1.99. The first-order chi connectivity index (χ1) is 8.74. The average Bonchev–Trinajstić information content (AvgIpc) is 3.21. The van der Waals surface area contributed by atoms with Gasteiger partial charge in [-0.2, -0.15) is 0 Å². The van der Waals surface area contributed by atoms with Gasteiger partial charge in [0.15, 0.2) is 0 Å². The Hall–Kier alpha value is -1.29. The number of hydrogen-bond acceptors (Lipinski definition) is 4. The van der Waals surface area contributed by atoms with Crippen molar-refractivity contribution in [1.82, 2.24) is 0 Å². The molecule has 1 saturated carbocycles. The van der Waals surface area contributed by atoms with E-state index in [0.717, 1.165) is 35.7 Å². The Kier molecular flexibility index (Phi) is 4.42. The Morgan fingerprint density at radius 1 is 1.39 bits per heavy atom. The molecule has 1 aromatic carbocycles. The molecular formula is C14H17NO2S. The molecule has 4 heteroatoms. The molecule has 96 valence electrons. The van der Waals surface area contributed by atoms with Crippen LogP contribution in [0.3, 0.4) is 0 Å². The number of rotatable bonds is 5. The molecule has 0 amide bonds. The van der Waals surface area contributed by atoms with Gasteiger partial charge in [0.1, 0.15) is 5.75 Å². The van der Waals surface area contributed by atoms with Gasteiger partial charge in [0, 0.05) is 5.92 Å². The van der Waals surface area contributed by atoms with Crippen LogP contribution in [0, 0.1) is 5.92 Å². The first-order valence-electron chi connectivity index (χ1n) is 6.14. The largest absolute Gasteiger partial charge is 0.497 e. The first-order valence-corrected chi connectivity index (χ1v) is 7.13. The molecule has 3 nitrogen and oxygen atoms in total.